The number of hydrogen-bond donors (Lipinski definition) is 1. The van der Waals surface area contributed by atoms with E-state index in [0.717, 1.165) is 27.5 Å². The lowest BCUT2D eigenvalue weighted by atomic mass is 10.1. The van der Waals surface area contributed by atoms with Crippen molar-refractivity contribution in [2.24, 2.45) is 0 Å². The van der Waals surface area contributed by atoms with Gasteiger partial charge in [-0.05, 0) is 25.5 Å². The summed E-state index contributed by atoms with van der Waals surface area (Å²) in [5.41, 5.74) is 2.19. The van der Waals surface area contributed by atoms with E-state index in [0.29, 0.717) is 26.6 Å². The zero-order valence-electron chi connectivity index (χ0n) is 16.6. The second-order valence-electron chi connectivity index (χ2n) is 6.99. The standard InChI is InChI=1S/C20H13ClN6O3S2/c1-9-6-7-11(19-25-26-10(2)23-24-20(26)32-19)8-13(9)22-18(28)17-15(21)12-4-3-5-14(27(29)30)16(12)31-17/h3-8H,1-2H3,(H,22,28). The number of nitro groups is 1. The summed E-state index contributed by atoms with van der Waals surface area (Å²) >= 11 is 8.81. The molecular weight excluding hydrogens is 472 g/mol. The Kier molecular flexibility index (Phi) is 4.88. The number of nitro benzene ring substituents is 1. The fourth-order valence-corrected chi connectivity index (χ4v) is 5.64. The maximum absolute atomic E-state index is 13.0. The van der Waals surface area contributed by atoms with Gasteiger partial charge in [-0.15, -0.1) is 21.5 Å². The van der Waals surface area contributed by atoms with E-state index in [4.69, 9.17) is 11.6 Å². The monoisotopic (exact) mass is 484 g/mol. The highest BCUT2D eigenvalue weighted by Gasteiger charge is 2.23. The van der Waals surface area contributed by atoms with Gasteiger partial charge in [0.15, 0.2) is 5.82 Å². The van der Waals surface area contributed by atoms with Crippen molar-refractivity contribution in [2.75, 3.05) is 5.32 Å². The number of halogens is 1. The third kappa shape index (κ3) is 3.30. The van der Waals surface area contributed by atoms with Crippen LogP contribution in [0.15, 0.2) is 36.4 Å². The Labute approximate surface area is 193 Å². The average Bonchev–Trinajstić information content (AvgIpc) is 3.44. The van der Waals surface area contributed by atoms with E-state index >= 15 is 0 Å². The quantitative estimate of drug-likeness (QED) is 0.266. The van der Waals surface area contributed by atoms with Gasteiger partial charge in [0.1, 0.15) is 14.6 Å². The predicted molar refractivity (Wildman–Crippen MR) is 125 cm³/mol. The van der Waals surface area contributed by atoms with Crippen LogP contribution in [0.3, 0.4) is 0 Å². The van der Waals surface area contributed by atoms with Gasteiger partial charge < -0.3 is 5.32 Å². The first-order valence-electron chi connectivity index (χ1n) is 9.30. The van der Waals surface area contributed by atoms with Crippen molar-refractivity contribution in [3.05, 3.63) is 67.8 Å². The molecule has 1 amide bonds. The summed E-state index contributed by atoms with van der Waals surface area (Å²) in [5, 5.41) is 28.2. The van der Waals surface area contributed by atoms with Crippen LogP contribution in [0.4, 0.5) is 11.4 Å². The number of anilines is 1. The van der Waals surface area contributed by atoms with Gasteiger partial charge in [-0.25, -0.2) is 0 Å². The van der Waals surface area contributed by atoms with Crippen molar-refractivity contribution in [1.82, 2.24) is 19.8 Å². The number of carbonyl (C=O) groups is 1. The number of amides is 1. The summed E-state index contributed by atoms with van der Waals surface area (Å²) < 4.78 is 2.04. The third-order valence-corrected chi connectivity index (χ3v) is 7.60. The van der Waals surface area contributed by atoms with Crippen molar-refractivity contribution in [3.8, 4) is 10.6 Å². The number of non-ortho nitro benzene ring substituents is 1. The van der Waals surface area contributed by atoms with Crippen molar-refractivity contribution >= 4 is 66.6 Å². The fourth-order valence-electron chi connectivity index (χ4n) is 3.26. The maximum atomic E-state index is 13.0. The molecule has 0 spiro atoms. The molecule has 12 heteroatoms. The van der Waals surface area contributed by atoms with Gasteiger partial charge in [0.25, 0.3) is 11.6 Å². The van der Waals surface area contributed by atoms with Crippen LogP contribution in [-0.4, -0.2) is 30.6 Å². The van der Waals surface area contributed by atoms with Gasteiger partial charge in [0, 0.05) is 22.7 Å². The molecule has 9 nitrogen and oxygen atoms in total. The smallest absolute Gasteiger partial charge is 0.287 e. The number of benzene rings is 2. The number of fused-ring (bicyclic) bond motifs is 2. The minimum absolute atomic E-state index is 0.0785. The van der Waals surface area contributed by atoms with Crippen molar-refractivity contribution < 1.29 is 9.72 Å². The summed E-state index contributed by atoms with van der Waals surface area (Å²) in [6, 6.07) is 10.2. The van der Waals surface area contributed by atoms with Gasteiger partial charge in [0.05, 0.1) is 9.95 Å². The maximum Gasteiger partial charge on any atom is 0.287 e. The Morgan fingerprint density at radius 1 is 1.19 bits per heavy atom. The molecule has 0 saturated carbocycles. The molecular formula is C20H13ClN6O3S2. The number of thiophene rings is 1. The number of nitrogens with zero attached hydrogens (tertiary/aromatic N) is 5. The number of aromatic nitrogens is 4. The molecule has 1 N–H and O–H groups in total. The molecule has 0 aliphatic heterocycles. The summed E-state index contributed by atoms with van der Waals surface area (Å²) in [6.07, 6.45) is 0. The number of nitrogens with one attached hydrogen (secondary N) is 1. The first-order valence-corrected chi connectivity index (χ1v) is 11.3. The molecule has 3 aromatic heterocycles. The number of carbonyl (C=O) groups excluding carboxylic acids is 1. The van der Waals surface area contributed by atoms with Crippen LogP contribution in [0.1, 0.15) is 21.1 Å². The SMILES string of the molecule is Cc1ccc(-c2nn3c(C)nnc3s2)cc1NC(=O)c1sc2c([N+](=O)[O-])cccc2c1Cl. The van der Waals surface area contributed by atoms with Crippen molar-refractivity contribution in [1.29, 1.82) is 0 Å². The second kappa shape index (κ2) is 7.62. The molecule has 0 aliphatic carbocycles. The summed E-state index contributed by atoms with van der Waals surface area (Å²) in [5.74, 6) is 0.261. The topological polar surface area (TPSA) is 115 Å². The molecule has 160 valence electrons. The lowest BCUT2D eigenvalue weighted by molar-refractivity contribution is -0.382. The van der Waals surface area contributed by atoms with Crippen LogP contribution in [0.25, 0.3) is 25.6 Å². The summed E-state index contributed by atoms with van der Waals surface area (Å²) in [6.45, 7) is 3.70. The molecule has 0 bridgehead atoms. The fraction of sp³-hybridized carbons (Fsp3) is 0.100. The van der Waals surface area contributed by atoms with E-state index in [2.05, 4.69) is 20.6 Å². The molecule has 0 saturated heterocycles. The van der Waals surface area contributed by atoms with Crippen LogP contribution in [0.5, 0.6) is 0 Å². The Balaban J connectivity index is 1.51. The lowest BCUT2D eigenvalue weighted by Crippen LogP contribution is -2.11. The van der Waals surface area contributed by atoms with Crippen LogP contribution in [0.2, 0.25) is 5.02 Å². The second-order valence-corrected chi connectivity index (χ2v) is 9.34. The Bertz CT molecular complexity index is 1550. The van der Waals surface area contributed by atoms with Gasteiger partial charge in [-0.2, -0.15) is 9.61 Å². The minimum atomic E-state index is -0.480. The number of hydrogen-bond acceptors (Lipinski definition) is 8. The van der Waals surface area contributed by atoms with E-state index in [-0.39, 0.29) is 15.6 Å². The first-order chi connectivity index (χ1) is 15.3. The highest BCUT2D eigenvalue weighted by Crippen LogP contribution is 2.40. The van der Waals surface area contributed by atoms with Gasteiger partial charge in [-0.1, -0.05) is 47.2 Å². The molecule has 5 aromatic rings. The Hall–Kier alpha value is -3.41. The zero-order valence-corrected chi connectivity index (χ0v) is 19.0. The van der Waals surface area contributed by atoms with Crippen molar-refractivity contribution in [3.63, 3.8) is 0 Å². The summed E-state index contributed by atoms with van der Waals surface area (Å²) in [7, 11) is 0. The number of rotatable bonds is 4. The average molecular weight is 485 g/mol. The van der Waals surface area contributed by atoms with E-state index in [9.17, 15) is 14.9 Å². The zero-order chi connectivity index (χ0) is 22.6. The van der Waals surface area contributed by atoms with Gasteiger partial charge in [0.2, 0.25) is 4.96 Å². The van der Waals surface area contributed by atoms with Crippen LogP contribution in [-0.2, 0) is 0 Å². The van der Waals surface area contributed by atoms with Crippen LogP contribution >= 0.6 is 34.3 Å². The third-order valence-electron chi connectivity index (χ3n) is 4.92. The van der Waals surface area contributed by atoms with Gasteiger partial charge in [-0.3, -0.25) is 14.9 Å². The van der Waals surface area contributed by atoms with E-state index in [1.54, 1.807) is 16.6 Å². The molecule has 0 unspecified atom stereocenters. The molecule has 0 radical (unpaired) electrons. The molecule has 3 heterocycles. The first kappa shape index (κ1) is 20.5. The van der Waals surface area contributed by atoms with Crippen LogP contribution in [0, 0.1) is 24.0 Å². The molecule has 32 heavy (non-hydrogen) atoms. The van der Waals surface area contributed by atoms with Crippen molar-refractivity contribution in [2.45, 2.75) is 13.8 Å². The Morgan fingerprint density at radius 2 is 2.00 bits per heavy atom. The summed E-state index contributed by atoms with van der Waals surface area (Å²) in [4.78, 5) is 24.8. The van der Waals surface area contributed by atoms with Gasteiger partial charge >= 0.3 is 0 Å². The largest absolute Gasteiger partial charge is 0.321 e. The predicted octanol–water partition coefficient (Wildman–Crippen LogP) is 5.50. The Morgan fingerprint density at radius 3 is 2.75 bits per heavy atom. The van der Waals surface area contributed by atoms with E-state index in [1.165, 1.54) is 17.4 Å². The molecule has 2 aromatic carbocycles. The lowest BCUT2D eigenvalue weighted by Gasteiger charge is -2.09. The molecule has 0 fully saturated rings. The minimum Gasteiger partial charge on any atom is -0.321 e. The molecule has 5 rings (SSSR count). The molecule has 0 atom stereocenters. The molecule has 0 aliphatic rings. The highest BCUT2D eigenvalue weighted by molar-refractivity contribution is 7.22. The van der Waals surface area contributed by atoms with E-state index in [1.807, 2.05) is 32.0 Å². The number of aryl methyl sites for hydroxylation is 2. The van der Waals surface area contributed by atoms with E-state index < -0.39 is 10.8 Å². The normalized spacial score (nSPS) is 11.3. The highest BCUT2D eigenvalue weighted by atomic mass is 35.5. The van der Waals surface area contributed by atoms with Crippen LogP contribution < -0.4 is 5.32 Å².